The number of hydrogen-bond donors (Lipinski definition) is 1. The normalized spacial score (nSPS) is 26.9. The second kappa shape index (κ2) is 7.32. The summed E-state index contributed by atoms with van der Waals surface area (Å²) < 4.78 is 37.1. The summed E-state index contributed by atoms with van der Waals surface area (Å²) in [6.45, 7) is 13.2. The number of nitrogens with one attached hydrogen (secondary N) is 1. The van der Waals surface area contributed by atoms with Crippen molar-refractivity contribution in [3.63, 3.8) is 0 Å². The van der Waals surface area contributed by atoms with Crippen LogP contribution in [0.4, 0.5) is 13.2 Å². The average Bonchev–Trinajstić information content (AvgIpc) is 2.35. The zero-order chi connectivity index (χ0) is 16.3. The van der Waals surface area contributed by atoms with Gasteiger partial charge in [-0.1, -0.05) is 41.0 Å². The van der Waals surface area contributed by atoms with E-state index in [9.17, 15) is 13.2 Å². The van der Waals surface area contributed by atoms with Gasteiger partial charge >= 0.3 is 6.18 Å². The van der Waals surface area contributed by atoms with Crippen molar-refractivity contribution in [3.05, 3.63) is 0 Å². The molecule has 0 bridgehead atoms. The molecule has 0 aliphatic carbocycles. The molecule has 126 valence electrons. The summed E-state index contributed by atoms with van der Waals surface area (Å²) in [7, 11) is 0. The monoisotopic (exact) mass is 308 g/mol. The van der Waals surface area contributed by atoms with Crippen molar-refractivity contribution in [2.45, 2.75) is 72.1 Å². The van der Waals surface area contributed by atoms with Gasteiger partial charge in [-0.15, -0.1) is 0 Å². The molecule has 1 N–H and O–H groups in total. The Bertz CT molecular complexity index is 310. The van der Waals surface area contributed by atoms with Crippen LogP contribution in [0.3, 0.4) is 0 Å². The minimum absolute atomic E-state index is 0.128. The van der Waals surface area contributed by atoms with E-state index >= 15 is 0 Å². The van der Waals surface area contributed by atoms with E-state index in [1.807, 2.05) is 0 Å². The minimum atomic E-state index is -4.04. The van der Waals surface area contributed by atoms with Gasteiger partial charge in [-0.25, -0.2) is 0 Å². The lowest BCUT2D eigenvalue weighted by molar-refractivity contribution is -0.136. The van der Waals surface area contributed by atoms with Gasteiger partial charge in [-0.05, 0) is 24.3 Å². The summed E-state index contributed by atoms with van der Waals surface area (Å²) in [5.74, 6) is 0.504. The van der Waals surface area contributed by atoms with Gasteiger partial charge in [0.2, 0.25) is 0 Å². The van der Waals surface area contributed by atoms with Gasteiger partial charge in [0.05, 0.1) is 0 Å². The van der Waals surface area contributed by atoms with Gasteiger partial charge in [0.1, 0.15) is 0 Å². The van der Waals surface area contributed by atoms with Crippen LogP contribution in [0.1, 0.15) is 53.9 Å². The van der Waals surface area contributed by atoms with Crippen molar-refractivity contribution >= 4 is 0 Å². The summed E-state index contributed by atoms with van der Waals surface area (Å²) in [5, 5.41) is 3.60. The van der Waals surface area contributed by atoms with Gasteiger partial charge in [0.15, 0.2) is 0 Å². The van der Waals surface area contributed by atoms with Gasteiger partial charge in [-0.2, -0.15) is 13.2 Å². The van der Waals surface area contributed by atoms with Crippen LogP contribution >= 0.6 is 0 Å². The zero-order valence-electron chi connectivity index (χ0n) is 14.1. The molecule has 0 aromatic heterocycles. The molecule has 3 atom stereocenters. The molecule has 5 heteroatoms. The number of halogens is 3. The fraction of sp³-hybridized carbons (Fsp3) is 1.00. The summed E-state index contributed by atoms with van der Waals surface area (Å²) in [6.07, 6.45) is -3.46. The lowest BCUT2D eigenvalue weighted by atomic mass is 9.83. The van der Waals surface area contributed by atoms with E-state index in [4.69, 9.17) is 0 Å². The first-order chi connectivity index (χ1) is 9.54. The predicted molar refractivity (Wildman–Crippen MR) is 81.4 cm³/mol. The topological polar surface area (TPSA) is 15.3 Å². The fourth-order valence-electron chi connectivity index (χ4n) is 2.98. The first-order valence-corrected chi connectivity index (χ1v) is 8.08. The van der Waals surface area contributed by atoms with Gasteiger partial charge in [0.25, 0.3) is 0 Å². The van der Waals surface area contributed by atoms with E-state index in [0.717, 1.165) is 19.5 Å². The van der Waals surface area contributed by atoms with Crippen molar-refractivity contribution in [1.82, 2.24) is 10.2 Å². The van der Waals surface area contributed by atoms with Crippen molar-refractivity contribution in [1.29, 1.82) is 0 Å². The van der Waals surface area contributed by atoms with Crippen LogP contribution in [-0.2, 0) is 0 Å². The fourth-order valence-corrected chi connectivity index (χ4v) is 2.98. The largest absolute Gasteiger partial charge is 0.389 e. The number of hydrogen-bond acceptors (Lipinski definition) is 2. The standard InChI is InChI=1S/C16H31F3N2/c1-6-12(2)13-10-20-14(15(3,4)5)11-21(13)9-7-8-16(17,18)19/h12-14,20H,6-11H2,1-5H3. The quantitative estimate of drug-likeness (QED) is 0.824. The number of rotatable bonds is 5. The molecule has 1 fully saturated rings. The van der Waals surface area contributed by atoms with E-state index in [2.05, 4.69) is 44.8 Å². The van der Waals surface area contributed by atoms with E-state index in [0.29, 0.717) is 24.5 Å². The SMILES string of the molecule is CCC(C)C1CNC(C(C)(C)C)CN1CCCC(F)(F)F. The predicted octanol–water partition coefficient (Wildman–Crippen LogP) is 4.06. The van der Waals surface area contributed by atoms with E-state index in [1.165, 1.54) is 0 Å². The van der Waals surface area contributed by atoms with Gasteiger partial charge in [0, 0.05) is 31.6 Å². The van der Waals surface area contributed by atoms with Crippen LogP contribution in [0, 0.1) is 11.3 Å². The molecule has 0 radical (unpaired) electrons. The molecule has 21 heavy (non-hydrogen) atoms. The molecule has 0 aromatic rings. The smallest absolute Gasteiger partial charge is 0.311 e. The molecule has 1 heterocycles. The summed E-state index contributed by atoms with van der Waals surface area (Å²) >= 11 is 0. The highest BCUT2D eigenvalue weighted by atomic mass is 19.4. The minimum Gasteiger partial charge on any atom is -0.311 e. The van der Waals surface area contributed by atoms with E-state index in [-0.39, 0.29) is 11.8 Å². The Kier molecular flexibility index (Phi) is 6.54. The molecular formula is C16H31F3N2. The summed E-state index contributed by atoms with van der Waals surface area (Å²) in [4.78, 5) is 2.28. The van der Waals surface area contributed by atoms with Crippen LogP contribution < -0.4 is 5.32 Å². The molecule has 0 spiro atoms. The lowest BCUT2D eigenvalue weighted by Gasteiger charge is -2.47. The maximum absolute atomic E-state index is 12.4. The summed E-state index contributed by atoms with van der Waals surface area (Å²) in [5.41, 5.74) is 0.128. The van der Waals surface area contributed by atoms with Crippen molar-refractivity contribution in [2.75, 3.05) is 19.6 Å². The summed E-state index contributed by atoms with van der Waals surface area (Å²) in [6, 6.07) is 0.686. The molecule has 0 aromatic carbocycles. The average molecular weight is 308 g/mol. The zero-order valence-corrected chi connectivity index (χ0v) is 14.1. The van der Waals surface area contributed by atoms with Crippen LogP contribution in [0.2, 0.25) is 0 Å². The number of piperazine rings is 1. The Labute approximate surface area is 127 Å². The van der Waals surface area contributed by atoms with E-state index < -0.39 is 12.6 Å². The lowest BCUT2D eigenvalue weighted by Crippen LogP contribution is -2.62. The van der Waals surface area contributed by atoms with Crippen LogP contribution in [-0.4, -0.2) is 42.8 Å². The molecule has 1 saturated heterocycles. The van der Waals surface area contributed by atoms with Crippen molar-refractivity contribution < 1.29 is 13.2 Å². The van der Waals surface area contributed by atoms with Crippen molar-refractivity contribution in [2.24, 2.45) is 11.3 Å². The highest BCUT2D eigenvalue weighted by Crippen LogP contribution is 2.28. The number of nitrogens with zero attached hydrogens (tertiary/aromatic N) is 1. The third-order valence-electron chi connectivity index (χ3n) is 4.71. The van der Waals surface area contributed by atoms with Crippen LogP contribution in [0.5, 0.6) is 0 Å². The maximum Gasteiger partial charge on any atom is 0.389 e. The Morgan fingerprint density at radius 2 is 1.86 bits per heavy atom. The Morgan fingerprint density at radius 3 is 2.33 bits per heavy atom. The molecule has 3 unspecified atom stereocenters. The van der Waals surface area contributed by atoms with Crippen LogP contribution in [0.25, 0.3) is 0 Å². The molecular weight excluding hydrogens is 277 g/mol. The first kappa shape index (κ1) is 18.8. The number of alkyl halides is 3. The van der Waals surface area contributed by atoms with E-state index in [1.54, 1.807) is 0 Å². The van der Waals surface area contributed by atoms with Crippen molar-refractivity contribution in [3.8, 4) is 0 Å². The molecule has 1 aliphatic rings. The maximum atomic E-state index is 12.4. The Morgan fingerprint density at radius 1 is 1.24 bits per heavy atom. The highest BCUT2D eigenvalue weighted by molar-refractivity contribution is 4.93. The van der Waals surface area contributed by atoms with Gasteiger partial charge in [-0.3, -0.25) is 4.90 Å². The highest BCUT2D eigenvalue weighted by Gasteiger charge is 2.36. The second-order valence-corrected chi connectivity index (χ2v) is 7.49. The molecule has 0 amide bonds. The first-order valence-electron chi connectivity index (χ1n) is 8.08. The Hall–Kier alpha value is -0.290. The molecule has 0 saturated carbocycles. The van der Waals surface area contributed by atoms with Crippen LogP contribution in [0.15, 0.2) is 0 Å². The third kappa shape index (κ3) is 6.15. The third-order valence-corrected chi connectivity index (χ3v) is 4.71. The molecule has 2 nitrogen and oxygen atoms in total. The molecule has 1 rings (SSSR count). The Balaban J connectivity index is 2.65. The molecule has 1 aliphatic heterocycles. The van der Waals surface area contributed by atoms with Gasteiger partial charge < -0.3 is 5.32 Å². The second-order valence-electron chi connectivity index (χ2n) is 7.49.